The minimum atomic E-state index is 0.565. The van der Waals surface area contributed by atoms with Crippen molar-refractivity contribution in [3.05, 3.63) is 35.9 Å². The fourth-order valence-corrected chi connectivity index (χ4v) is 2.82. The van der Waals surface area contributed by atoms with E-state index in [0.29, 0.717) is 12.0 Å². The zero-order chi connectivity index (χ0) is 14.9. The summed E-state index contributed by atoms with van der Waals surface area (Å²) in [6, 6.07) is 11.1. The Morgan fingerprint density at radius 2 is 2.14 bits per heavy atom. The summed E-state index contributed by atoms with van der Waals surface area (Å²) < 4.78 is 0. The van der Waals surface area contributed by atoms with Crippen molar-refractivity contribution in [2.45, 2.75) is 38.6 Å². The predicted octanol–water partition coefficient (Wildman–Crippen LogP) is 2.01. The molecule has 0 saturated carbocycles. The molecule has 1 unspecified atom stereocenters. The summed E-state index contributed by atoms with van der Waals surface area (Å²) in [7, 11) is 0. The molecule has 0 amide bonds. The molecular formula is C17H28N4. The van der Waals surface area contributed by atoms with Crippen LogP contribution in [0, 0.1) is 0 Å². The first-order chi connectivity index (χ1) is 10.3. The van der Waals surface area contributed by atoms with Crippen molar-refractivity contribution in [2.24, 2.45) is 10.7 Å². The molecule has 1 saturated heterocycles. The Bertz CT molecular complexity index is 430. The molecule has 1 aliphatic heterocycles. The van der Waals surface area contributed by atoms with Gasteiger partial charge in [0.25, 0.3) is 0 Å². The third-order valence-electron chi connectivity index (χ3n) is 4.17. The Kier molecular flexibility index (Phi) is 6.54. The minimum absolute atomic E-state index is 0.565. The van der Waals surface area contributed by atoms with Crippen LogP contribution in [0.2, 0.25) is 0 Å². The highest BCUT2D eigenvalue weighted by Gasteiger charge is 2.16. The number of nitrogens with one attached hydrogen (secondary N) is 1. The van der Waals surface area contributed by atoms with E-state index in [1.807, 2.05) is 6.07 Å². The Hall–Kier alpha value is -1.55. The van der Waals surface area contributed by atoms with Gasteiger partial charge in [-0.3, -0.25) is 9.89 Å². The Morgan fingerprint density at radius 3 is 2.90 bits per heavy atom. The molecule has 0 aliphatic carbocycles. The van der Waals surface area contributed by atoms with Crippen molar-refractivity contribution in [3.63, 3.8) is 0 Å². The van der Waals surface area contributed by atoms with Gasteiger partial charge in [0.2, 0.25) is 0 Å². The average Bonchev–Trinajstić information content (AvgIpc) is 2.50. The molecule has 0 radical (unpaired) electrons. The standard InChI is InChI=1S/C17H28N4/c1-15-7-5-6-13-21(15)14-12-20-17(18)19-11-10-16-8-3-2-4-9-16/h2-4,8-9,15H,5-7,10-14H2,1H3,(H3,18,19,20). The van der Waals surface area contributed by atoms with Crippen molar-refractivity contribution in [1.82, 2.24) is 10.2 Å². The summed E-state index contributed by atoms with van der Waals surface area (Å²) in [5.74, 6) is 0.565. The van der Waals surface area contributed by atoms with Gasteiger partial charge in [-0.2, -0.15) is 0 Å². The van der Waals surface area contributed by atoms with Crippen molar-refractivity contribution in [2.75, 3.05) is 26.2 Å². The van der Waals surface area contributed by atoms with Gasteiger partial charge in [0.1, 0.15) is 0 Å². The molecule has 0 aromatic heterocycles. The molecule has 0 spiro atoms. The maximum Gasteiger partial charge on any atom is 0.188 e. The van der Waals surface area contributed by atoms with Crippen molar-refractivity contribution in [3.8, 4) is 0 Å². The lowest BCUT2D eigenvalue weighted by atomic mass is 10.0. The van der Waals surface area contributed by atoms with Crippen LogP contribution < -0.4 is 11.1 Å². The number of piperidine rings is 1. The molecule has 116 valence electrons. The van der Waals surface area contributed by atoms with E-state index >= 15 is 0 Å². The molecule has 1 aromatic rings. The highest BCUT2D eigenvalue weighted by atomic mass is 15.2. The van der Waals surface area contributed by atoms with Crippen molar-refractivity contribution in [1.29, 1.82) is 0 Å². The van der Waals surface area contributed by atoms with E-state index in [1.165, 1.54) is 31.4 Å². The topological polar surface area (TPSA) is 53.6 Å². The second kappa shape index (κ2) is 8.67. The minimum Gasteiger partial charge on any atom is -0.370 e. The van der Waals surface area contributed by atoms with Gasteiger partial charge < -0.3 is 11.1 Å². The predicted molar refractivity (Wildman–Crippen MR) is 89.5 cm³/mol. The number of likely N-dealkylation sites (tertiary alicyclic amines) is 1. The maximum atomic E-state index is 5.91. The summed E-state index contributed by atoms with van der Waals surface area (Å²) in [5.41, 5.74) is 7.23. The van der Waals surface area contributed by atoms with Gasteiger partial charge in [-0.25, -0.2) is 0 Å². The monoisotopic (exact) mass is 288 g/mol. The van der Waals surface area contributed by atoms with Gasteiger partial charge in [-0.15, -0.1) is 0 Å². The fraction of sp³-hybridized carbons (Fsp3) is 0.588. The zero-order valence-corrected chi connectivity index (χ0v) is 13.1. The van der Waals surface area contributed by atoms with Crippen LogP contribution in [0.3, 0.4) is 0 Å². The summed E-state index contributed by atoms with van der Waals surface area (Å²) >= 11 is 0. The van der Waals surface area contributed by atoms with E-state index in [0.717, 1.165) is 26.1 Å². The molecule has 3 N–H and O–H groups in total. The quantitative estimate of drug-likeness (QED) is 0.622. The Morgan fingerprint density at radius 1 is 1.33 bits per heavy atom. The third kappa shape index (κ3) is 5.76. The molecule has 1 fully saturated rings. The largest absolute Gasteiger partial charge is 0.370 e. The SMILES string of the molecule is CC1CCCCN1CCN=C(N)NCCc1ccccc1. The van der Waals surface area contributed by atoms with Crippen LogP contribution in [-0.4, -0.2) is 43.1 Å². The number of guanidine groups is 1. The third-order valence-corrected chi connectivity index (χ3v) is 4.17. The summed E-state index contributed by atoms with van der Waals surface area (Å²) in [6.45, 7) is 6.15. The number of nitrogens with zero attached hydrogens (tertiary/aromatic N) is 2. The normalized spacial score (nSPS) is 20.4. The molecular weight excluding hydrogens is 260 g/mol. The van der Waals surface area contributed by atoms with E-state index in [-0.39, 0.29) is 0 Å². The molecule has 1 heterocycles. The highest BCUT2D eigenvalue weighted by Crippen LogP contribution is 2.15. The van der Waals surface area contributed by atoms with Gasteiger partial charge in [0.15, 0.2) is 5.96 Å². The first-order valence-electron chi connectivity index (χ1n) is 8.07. The lowest BCUT2D eigenvalue weighted by molar-refractivity contribution is 0.166. The first kappa shape index (κ1) is 15.8. The van der Waals surface area contributed by atoms with Crippen LogP contribution in [0.5, 0.6) is 0 Å². The number of aliphatic imine (C=N–C) groups is 1. The molecule has 1 atom stereocenters. The average molecular weight is 288 g/mol. The van der Waals surface area contributed by atoms with Crippen molar-refractivity contribution >= 4 is 5.96 Å². The molecule has 4 heteroatoms. The van der Waals surface area contributed by atoms with Gasteiger partial charge in [-0.05, 0) is 38.3 Å². The Balaban J connectivity index is 1.62. The number of hydrogen-bond acceptors (Lipinski definition) is 2. The second-order valence-corrected chi connectivity index (χ2v) is 5.81. The van der Waals surface area contributed by atoms with Crippen molar-refractivity contribution < 1.29 is 0 Å². The van der Waals surface area contributed by atoms with Gasteiger partial charge in [0.05, 0.1) is 6.54 Å². The molecule has 4 nitrogen and oxygen atoms in total. The van der Waals surface area contributed by atoms with Crippen LogP contribution in [0.25, 0.3) is 0 Å². The molecule has 1 aliphatic rings. The number of nitrogens with two attached hydrogens (primary N) is 1. The van der Waals surface area contributed by atoms with Gasteiger partial charge in [-0.1, -0.05) is 36.8 Å². The lowest BCUT2D eigenvalue weighted by Gasteiger charge is -2.32. The summed E-state index contributed by atoms with van der Waals surface area (Å²) in [6.07, 6.45) is 4.97. The first-order valence-corrected chi connectivity index (χ1v) is 8.07. The lowest BCUT2D eigenvalue weighted by Crippen LogP contribution is -2.40. The molecule has 21 heavy (non-hydrogen) atoms. The number of rotatable bonds is 6. The second-order valence-electron chi connectivity index (χ2n) is 5.81. The number of hydrogen-bond donors (Lipinski definition) is 2. The van der Waals surface area contributed by atoms with E-state index in [9.17, 15) is 0 Å². The molecule has 1 aromatic carbocycles. The highest BCUT2D eigenvalue weighted by molar-refractivity contribution is 5.77. The zero-order valence-electron chi connectivity index (χ0n) is 13.1. The summed E-state index contributed by atoms with van der Waals surface area (Å²) in [4.78, 5) is 6.94. The van der Waals surface area contributed by atoms with E-state index in [4.69, 9.17) is 5.73 Å². The summed E-state index contributed by atoms with van der Waals surface area (Å²) in [5, 5.41) is 3.19. The van der Waals surface area contributed by atoms with Gasteiger partial charge >= 0.3 is 0 Å². The van der Waals surface area contributed by atoms with Gasteiger partial charge in [0, 0.05) is 19.1 Å². The maximum absolute atomic E-state index is 5.91. The van der Waals surface area contributed by atoms with Crippen LogP contribution in [0.4, 0.5) is 0 Å². The van der Waals surface area contributed by atoms with E-state index < -0.39 is 0 Å². The molecule has 0 bridgehead atoms. The number of benzene rings is 1. The smallest absolute Gasteiger partial charge is 0.188 e. The van der Waals surface area contributed by atoms with Crippen LogP contribution >= 0.6 is 0 Å². The Labute approximate surface area is 128 Å². The van der Waals surface area contributed by atoms with Crippen LogP contribution in [0.15, 0.2) is 35.3 Å². The van der Waals surface area contributed by atoms with E-state index in [2.05, 4.69) is 46.4 Å². The van der Waals surface area contributed by atoms with Crippen LogP contribution in [0.1, 0.15) is 31.7 Å². The van der Waals surface area contributed by atoms with Crippen LogP contribution in [-0.2, 0) is 6.42 Å². The molecule has 2 rings (SSSR count). The fourth-order valence-electron chi connectivity index (χ4n) is 2.82. The van der Waals surface area contributed by atoms with E-state index in [1.54, 1.807) is 0 Å².